The van der Waals surface area contributed by atoms with Crippen LogP contribution in [0.15, 0.2) is 123 Å². The molecule has 10 atom stereocenters. The fraction of sp³-hybridized carbons (Fsp3) is 0.333. The number of methoxy groups -OCH3 is 2. The van der Waals surface area contributed by atoms with Gasteiger partial charge in [-0.25, -0.2) is 0 Å². The van der Waals surface area contributed by atoms with Gasteiger partial charge < -0.3 is 9.47 Å². The molecule has 6 aromatic rings. The Kier molecular flexibility index (Phi) is 9.69. The first kappa shape index (κ1) is 38.9. The summed E-state index contributed by atoms with van der Waals surface area (Å²) in [6.07, 6.45) is 12.2. The normalized spacial score (nSPS) is 27.1. The van der Waals surface area contributed by atoms with E-state index in [4.69, 9.17) is 19.4 Å². The van der Waals surface area contributed by atoms with Crippen molar-refractivity contribution in [2.24, 2.45) is 23.7 Å². The Morgan fingerprint density at radius 3 is 1.45 bits per heavy atom. The van der Waals surface area contributed by atoms with E-state index in [1.165, 1.54) is 0 Å². The zero-order valence-electron chi connectivity index (χ0n) is 35.5. The standard InChI is InChI=1S/C54H52N4O4/c1-5-31-29-57-23-19-33(31)25-47(57)49(37-17-21-55-45-15-11-35(61-3)27-43(37)45)41-13-14-42(52-51(41)53(59)39-9-7-8-10-40(39)54(52)60)50(48-26-34-20-24-58(48)30-32(34)6-2)38-18-22-56-46-16-12-36(62-4)28-44(38)46/h5-18,21-22,27-28,31-34,47-50H,1-2,19-20,23-26,29-30H2,3-4H3/t31?,32?,33?,34?,47?,48?,49-,50-/m1/s1. The number of benzene rings is 4. The minimum Gasteiger partial charge on any atom is -0.497 e. The predicted octanol–water partition coefficient (Wildman–Crippen LogP) is 9.63. The van der Waals surface area contributed by atoms with E-state index in [1.54, 1.807) is 14.2 Å². The van der Waals surface area contributed by atoms with Crippen LogP contribution in [0.1, 0.15) is 91.6 Å². The molecule has 1 aliphatic carbocycles. The number of piperidine rings is 6. The molecule has 4 aromatic carbocycles. The molecule has 4 bridgehead atoms. The fourth-order valence-corrected chi connectivity index (χ4v) is 12.5. The van der Waals surface area contributed by atoms with Gasteiger partial charge in [0.05, 0.1) is 25.3 Å². The van der Waals surface area contributed by atoms with Crippen LogP contribution in [0.4, 0.5) is 0 Å². The van der Waals surface area contributed by atoms with Crippen molar-refractivity contribution in [1.82, 2.24) is 19.8 Å². The lowest BCUT2D eigenvalue weighted by Gasteiger charge is -2.52. The number of ketones is 2. The molecule has 6 aliphatic heterocycles. The number of fused-ring (bicyclic) bond motifs is 10. The van der Waals surface area contributed by atoms with Crippen LogP contribution in [0.25, 0.3) is 21.8 Å². The number of ether oxygens (including phenoxy) is 2. The Morgan fingerprint density at radius 1 is 0.613 bits per heavy atom. The molecule has 312 valence electrons. The van der Waals surface area contributed by atoms with Crippen LogP contribution in [-0.4, -0.2) is 83.8 Å². The maximum absolute atomic E-state index is 15.6. The minimum atomic E-state index is -0.238. The van der Waals surface area contributed by atoms with Crippen molar-refractivity contribution in [2.45, 2.75) is 49.6 Å². The summed E-state index contributed by atoms with van der Waals surface area (Å²) in [6, 6.07) is 28.4. The Hall–Kier alpha value is -5.96. The second-order valence-corrected chi connectivity index (χ2v) is 18.2. The third-order valence-corrected chi connectivity index (χ3v) is 15.5. The molecular formula is C54H52N4O4. The molecule has 8 heterocycles. The van der Waals surface area contributed by atoms with Crippen molar-refractivity contribution < 1.29 is 19.1 Å². The number of hydrogen-bond acceptors (Lipinski definition) is 8. The highest BCUT2D eigenvalue weighted by atomic mass is 16.5. The van der Waals surface area contributed by atoms with Gasteiger partial charge in [0.15, 0.2) is 11.6 Å². The molecule has 0 radical (unpaired) electrons. The first-order valence-electron chi connectivity index (χ1n) is 22.3. The number of carbonyl (C=O) groups is 2. The van der Waals surface area contributed by atoms with Crippen LogP contribution >= 0.6 is 0 Å². The molecule has 8 nitrogen and oxygen atoms in total. The van der Waals surface area contributed by atoms with Crippen molar-refractivity contribution in [3.63, 3.8) is 0 Å². The summed E-state index contributed by atoms with van der Waals surface area (Å²) in [6.45, 7) is 12.3. The van der Waals surface area contributed by atoms with Gasteiger partial charge in [0, 0.05) is 82.4 Å². The van der Waals surface area contributed by atoms with E-state index in [0.717, 1.165) is 107 Å². The van der Waals surface area contributed by atoms with E-state index in [1.807, 2.05) is 60.9 Å². The molecule has 0 N–H and O–H groups in total. The van der Waals surface area contributed by atoms with Gasteiger partial charge in [-0.15, -0.1) is 13.2 Å². The van der Waals surface area contributed by atoms with Crippen LogP contribution in [0.5, 0.6) is 11.5 Å². The predicted molar refractivity (Wildman–Crippen MR) is 244 cm³/mol. The molecule has 13 rings (SSSR count). The van der Waals surface area contributed by atoms with Crippen LogP contribution in [0.2, 0.25) is 0 Å². The first-order valence-corrected chi connectivity index (χ1v) is 22.3. The SMILES string of the molecule is C=CC1CN2CCC1CC2[C@@H](c1ccc([C@@H](c2ccnc3ccc(OC)cc23)C2CC3CCN2CC3C=C)c2c1C(=O)c1ccccc1C2=O)c1ccnc2ccc(OC)cc12. The summed E-state index contributed by atoms with van der Waals surface area (Å²) in [7, 11) is 3.38. The number of aromatic nitrogens is 2. The third kappa shape index (κ3) is 6.09. The molecule has 7 aliphatic rings. The minimum absolute atomic E-state index is 0.0835. The highest BCUT2D eigenvalue weighted by molar-refractivity contribution is 6.29. The fourth-order valence-electron chi connectivity index (χ4n) is 12.5. The van der Waals surface area contributed by atoms with E-state index in [0.29, 0.717) is 45.9 Å². The van der Waals surface area contributed by atoms with Gasteiger partial charge in [0.25, 0.3) is 0 Å². The van der Waals surface area contributed by atoms with Crippen molar-refractivity contribution in [3.05, 3.63) is 167 Å². The first-order chi connectivity index (χ1) is 30.4. The lowest BCUT2D eigenvalue weighted by molar-refractivity contribution is 0.0116. The highest BCUT2D eigenvalue weighted by Crippen LogP contribution is 2.51. The molecule has 8 heteroatoms. The van der Waals surface area contributed by atoms with E-state index >= 15 is 9.59 Å². The molecule has 0 saturated carbocycles. The van der Waals surface area contributed by atoms with Crippen LogP contribution < -0.4 is 9.47 Å². The van der Waals surface area contributed by atoms with Gasteiger partial charge in [0.1, 0.15) is 11.5 Å². The van der Waals surface area contributed by atoms with Gasteiger partial charge in [-0.3, -0.25) is 29.4 Å². The zero-order chi connectivity index (χ0) is 42.2. The highest BCUT2D eigenvalue weighted by Gasteiger charge is 2.48. The second-order valence-electron chi connectivity index (χ2n) is 18.2. The number of rotatable bonds is 10. The van der Waals surface area contributed by atoms with Crippen LogP contribution in [0, 0.1) is 23.7 Å². The smallest absolute Gasteiger partial charge is 0.194 e. The molecule has 2 aromatic heterocycles. The second kappa shape index (κ2) is 15.4. The largest absolute Gasteiger partial charge is 0.497 e. The van der Waals surface area contributed by atoms with E-state index in [2.05, 4.69) is 71.5 Å². The van der Waals surface area contributed by atoms with Crippen molar-refractivity contribution in [3.8, 4) is 11.5 Å². The molecule has 6 fully saturated rings. The van der Waals surface area contributed by atoms with Crippen molar-refractivity contribution in [1.29, 1.82) is 0 Å². The topological polar surface area (TPSA) is 84.9 Å². The van der Waals surface area contributed by atoms with E-state index in [-0.39, 0.29) is 35.5 Å². The average Bonchev–Trinajstić information content (AvgIpc) is 3.33. The lowest BCUT2D eigenvalue weighted by atomic mass is 9.65. The number of nitrogens with zero attached hydrogens (tertiary/aromatic N) is 4. The Labute approximate surface area is 363 Å². The zero-order valence-corrected chi connectivity index (χ0v) is 35.5. The maximum atomic E-state index is 15.6. The monoisotopic (exact) mass is 820 g/mol. The lowest BCUT2D eigenvalue weighted by Crippen LogP contribution is -2.55. The third-order valence-electron chi connectivity index (χ3n) is 15.5. The maximum Gasteiger partial charge on any atom is 0.194 e. The van der Waals surface area contributed by atoms with Gasteiger partial charge in [-0.1, -0.05) is 48.6 Å². The molecule has 0 spiro atoms. The summed E-state index contributed by atoms with van der Waals surface area (Å²) in [5, 5.41) is 1.98. The van der Waals surface area contributed by atoms with Crippen LogP contribution in [-0.2, 0) is 0 Å². The summed E-state index contributed by atoms with van der Waals surface area (Å²) >= 11 is 0. The van der Waals surface area contributed by atoms with Gasteiger partial charge in [-0.2, -0.15) is 0 Å². The summed E-state index contributed by atoms with van der Waals surface area (Å²) in [4.78, 5) is 46.2. The number of pyridine rings is 2. The number of hydrogen-bond donors (Lipinski definition) is 0. The molecular weight excluding hydrogens is 769 g/mol. The quantitative estimate of drug-likeness (QED) is 0.126. The summed E-state index contributed by atoms with van der Waals surface area (Å²) < 4.78 is 11.6. The van der Waals surface area contributed by atoms with Gasteiger partial charge in [-0.05, 0) is 133 Å². The van der Waals surface area contributed by atoms with Crippen LogP contribution in [0.3, 0.4) is 0 Å². The Balaban J connectivity index is 1.20. The molecule has 0 amide bonds. The molecule has 6 saturated heterocycles. The van der Waals surface area contributed by atoms with E-state index < -0.39 is 0 Å². The summed E-state index contributed by atoms with van der Waals surface area (Å²) in [5.41, 5.74) is 7.71. The van der Waals surface area contributed by atoms with E-state index in [9.17, 15) is 0 Å². The van der Waals surface area contributed by atoms with Gasteiger partial charge >= 0.3 is 0 Å². The van der Waals surface area contributed by atoms with Crippen molar-refractivity contribution >= 4 is 33.4 Å². The van der Waals surface area contributed by atoms with Gasteiger partial charge in [0.2, 0.25) is 0 Å². The van der Waals surface area contributed by atoms with Crippen molar-refractivity contribution in [2.75, 3.05) is 40.4 Å². The molecule has 8 unspecified atom stereocenters. The Bertz CT molecular complexity index is 2630. The summed E-state index contributed by atoms with van der Waals surface area (Å²) in [5.74, 6) is 2.63. The molecule has 62 heavy (non-hydrogen) atoms. The average molecular weight is 821 g/mol. The Morgan fingerprint density at radius 2 is 1.06 bits per heavy atom. The number of carbonyl (C=O) groups excluding carboxylic acids is 2.